The van der Waals surface area contributed by atoms with Gasteiger partial charge in [-0.25, -0.2) is 0 Å². The van der Waals surface area contributed by atoms with E-state index in [-0.39, 0.29) is 6.71 Å². The van der Waals surface area contributed by atoms with Crippen molar-refractivity contribution in [3.05, 3.63) is 224 Å². The Balaban J connectivity index is 0.850. The number of rotatable bonds is 6. The average molecular weight is 885 g/mol. The molecule has 2 aliphatic heterocycles. The van der Waals surface area contributed by atoms with E-state index in [1.165, 1.54) is 21.5 Å². The highest BCUT2D eigenvalue weighted by molar-refractivity contribution is 6.98. The van der Waals surface area contributed by atoms with Gasteiger partial charge in [0, 0.05) is 73.3 Å². The molecule has 0 atom stereocenters. The summed E-state index contributed by atoms with van der Waals surface area (Å²) >= 11 is 0. The molecule has 0 N–H and O–H groups in total. The van der Waals surface area contributed by atoms with Gasteiger partial charge in [-0.05, 0) is 142 Å². The van der Waals surface area contributed by atoms with Gasteiger partial charge in [0.1, 0.15) is 45.3 Å². The monoisotopic (exact) mass is 884 g/mol. The van der Waals surface area contributed by atoms with Crippen molar-refractivity contribution < 1.29 is 18.3 Å². The molecule has 13 aromatic rings. The van der Waals surface area contributed by atoms with Crippen molar-refractivity contribution in [2.45, 2.75) is 0 Å². The molecule has 0 saturated heterocycles. The maximum atomic E-state index is 6.86. The van der Waals surface area contributed by atoms with Gasteiger partial charge in [0.25, 0.3) is 6.71 Å². The van der Waals surface area contributed by atoms with Crippen molar-refractivity contribution in [2.75, 3.05) is 9.80 Å². The summed E-state index contributed by atoms with van der Waals surface area (Å²) in [5, 5.41) is 8.81. The van der Waals surface area contributed by atoms with Crippen LogP contribution in [0.2, 0.25) is 0 Å². The third kappa shape index (κ3) is 5.94. The molecule has 0 bridgehead atoms. The Morgan fingerprint density at radius 2 is 0.681 bits per heavy atom. The Labute approximate surface area is 396 Å². The maximum absolute atomic E-state index is 6.86. The molecule has 0 saturated carbocycles. The van der Waals surface area contributed by atoms with Crippen LogP contribution in [0.25, 0.3) is 65.4 Å². The molecule has 4 heterocycles. The van der Waals surface area contributed by atoms with Gasteiger partial charge in [0.05, 0.1) is 0 Å². The largest absolute Gasteiger partial charge is 0.458 e. The van der Waals surface area contributed by atoms with Gasteiger partial charge >= 0.3 is 0 Å². The van der Waals surface area contributed by atoms with Crippen LogP contribution in [0.1, 0.15) is 0 Å². The number of hydrogen-bond donors (Lipinski definition) is 0. The second-order valence-corrected chi connectivity index (χ2v) is 18.0. The molecule has 0 unspecified atom stereocenters. The molecule has 15 rings (SSSR count). The summed E-state index contributed by atoms with van der Waals surface area (Å²) in [6.07, 6.45) is 0. The number of anilines is 6. The first-order valence-electron chi connectivity index (χ1n) is 23.3. The maximum Gasteiger partial charge on any atom is 0.261 e. The lowest BCUT2D eigenvalue weighted by molar-refractivity contribution is 0.465. The summed E-state index contributed by atoms with van der Waals surface area (Å²) in [5.74, 6) is 3.15. The fraction of sp³-hybridized carbons (Fsp3) is 0. The summed E-state index contributed by atoms with van der Waals surface area (Å²) in [6.45, 7) is -0.187. The van der Waals surface area contributed by atoms with Crippen molar-refractivity contribution in [2.24, 2.45) is 0 Å². The number of fused-ring (bicyclic) bond motifs is 12. The van der Waals surface area contributed by atoms with Crippen LogP contribution in [0.15, 0.2) is 233 Å². The predicted molar refractivity (Wildman–Crippen MR) is 283 cm³/mol. The van der Waals surface area contributed by atoms with Gasteiger partial charge in [-0.1, -0.05) is 103 Å². The van der Waals surface area contributed by atoms with Crippen LogP contribution >= 0.6 is 0 Å². The smallest absolute Gasteiger partial charge is 0.261 e. The Bertz CT molecular complexity index is 3970. The second-order valence-electron chi connectivity index (χ2n) is 18.0. The van der Waals surface area contributed by atoms with E-state index in [1.807, 2.05) is 18.2 Å². The highest BCUT2D eigenvalue weighted by atomic mass is 16.5. The van der Waals surface area contributed by atoms with E-state index in [1.54, 1.807) is 0 Å². The molecule has 0 spiro atoms. The van der Waals surface area contributed by atoms with Crippen LogP contribution in [0.4, 0.5) is 34.1 Å². The zero-order chi connectivity index (χ0) is 45.2. The molecular formula is C62H37BN2O4. The van der Waals surface area contributed by atoms with Crippen LogP contribution < -0.4 is 35.7 Å². The molecule has 11 aromatic carbocycles. The lowest BCUT2D eigenvalue weighted by atomic mass is 9.35. The van der Waals surface area contributed by atoms with Crippen LogP contribution in [0.3, 0.4) is 0 Å². The zero-order valence-corrected chi connectivity index (χ0v) is 37.0. The van der Waals surface area contributed by atoms with E-state index in [9.17, 15) is 0 Å². The van der Waals surface area contributed by atoms with Crippen molar-refractivity contribution in [1.82, 2.24) is 0 Å². The molecule has 0 fully saturated rings. The summed E-state index contributed by atoms with van der Waals surface area (Å²) in [5.41, 5.74) is 12.5. The van der Waals surface area contributed by atoms with Crippen LogP contribution in [0, 0.1) is 0 Å². The number of nitrogens with zero attached hydrogens (tertiary/aromatic N) is 2. The summed E-state index contributed by atoms with van der Waals surface area (Å²) in [6, 6.07) is 78.9. The standard InChI is InChI=1S/C62H37BN2O4/c1-3-16-42(17-4-1)64(44-24-22-38-12-7-9-14-40(38)30-44)46-26-28-48-50-34-60-52(36-58(50)68-56(48)32-46)63-53-37-59-51(35-61(53)67-55-21-11-20-54(66-60)62(55)63)49-29-27-47(33-57(49)69-59)65(43-18-5-2-6-19-43)45-25-23-39-13-8-10-15-41(39)31-45/h1-37H. The number of para-hydroxylation sites is 2. The van der Waals surface area contributed by atoms with E-state index in [0.717, 1.165) is 117 Å². The van der Waals surface area contributed by atoms with E-state index < -0.39 is 0 Å². The highest BCUT2D eigenvalue weighted by Gasteiger charge is 2.41. The number of benzene rings is 11. The fourth-order valence-corrected chi connectivity index (χ4v) is 10.9. The molecule has 322 valence electrons. The van der Waals surface area contributed by atoms with Gasteiger partial charge < -0.3 is 28.1 Å². The molecule has 69 heavy (non-hydrogen) atoms. The van der Waals surface area contributed by atoms with E-state index in [2.05, 4.69) is 216 Å². The van der Waals surface area contributed by atoms with Crippen molar-refractivity contribution in [1.29, 1.82) is 0 Å². The van der Waals surface area contributed by atoms with Gasteiger partial charge in [0.15, 0.2) is 0 Å². The minimum atomic E-state index is -0.187. The number of hydrogen-bond acceptors (Lipinski definition) is 6. The molecule has 2 aromatic heterocycles. The van der Waals surface area contributed by atoms with Gasteiger partial charge in [-0.3, -0.25) is 0 Å². The summed E-state index contributed by atoms with van der Waals surface area (Å²) in [4.78, 5) is 4.57. The molecule has 6 nitrogen and oxygen atoms in total. The average Bonchev–Trinajstić information content (AvgIpc) is 3.94. The molecular weight excluding hydrogens is 848 g/mol. The lowest BCUT2D eigenvalue weighted by Crippen LogP contribution is -2.57. The van der Waals surface area contributed by atoms with E-state index in [0.29, 0.717) is 0 Å². The molecule has 0 amide bonds. The summed E-state index contributed by atoms with van der Waals surface area (Å²) < 4.78 is 27.3. The Morgan fingerprint density at radius 3 is 1.16 bits per heavy atom. The first-order chi connectivity index (χ1) is 34.1. The SMILES string of the molecule is c1ccc(N(c2ccc3ccccc3c2)c2ccc3c(c2)oc2cc4c(cc23)Oc2cccc3c2B4c2cc4oc5cc(N(c6ccccc6)c6ccc7ccccc7c6)ccc5c4cc2O3)cc1. The number of ether oxygens (including phenoxy) is 2. The molecule has 0 aliphatic carbocycles. The highest BCUT2D eigenvalue weighted by Crippen LogP contribution is 2.44. The van der Waals surface area contributed by atoms with Crippen molar-refractivity contribution in [3.63, 3.8) is 0 Å². The normalized spacial score (nSPS) is 12.6. The first kappa shape index (κ1) is 38.0. The summed E-state index contributed by atoms with van der Waals surface area (Å²) in [7, 11) is 0. The van der Waals surface area contributed by atoms with Gasteiger partial charge in [0.2, 0.25) is 0 Å². The fourth-order valence-electron chi connectivity index (χ4n) is 10.9. The van der Waals surface area contributed by atoms with Crippen molar-refractivity contribution in [3.8, 4) is 23.0 Å². The third-order valence-corrected chi connectivity index (χ3v) is 14.1. The van der Waals surface area contributed by atoms with Crippen LogP contribution in [-0.2, 0) is 0 Å². The lowest BCUT2D eigenvalue weighted by Gasteiger charge is -2.32. The molecule has 0 radical (unpaired) electrons. The van der Waals surface area contributed by atoms with Gasteiger partial charge in [-0.15, -0.1) is 0 Å². The van der Waals surface area contributed by atoms with E-state index in [4.69, 9.17) is 18.3 Å². The third-order valence-electron chi connectivity index (χ3n) is 14.1. The quantitative estimate of drug-likeness (QED) is 0.155. The van der Waals surface area contributed by atoms with Crippen LogP contribution in [-0.4, -0.2) is 6.71 Å². The second kappa shape index (κ2) is 14.7. The number of furan rings is 2. The zero-order valence-electron chi connectivity index (χ0n) is 37.0. The van der Waals surface area contributed by atoms with Crippen LogP contribution in [0.5, 0.6) is 23.0 Å². The molecule has 2 aliphatic rings. The Kier molecular flexibility index (Phi) is 8.06. The minimum Gasteiger partial charge on any atom is -0.458 e. The Hall–Kier alpha value is -9.20. The van der Waals surface area contributed by atoms with Crippen molar-refractivity contribution >= 4 is 123 Å². The van der Waals surface area contributed by atoms with E-state index >= 15 is 0 Å². The Morgan fingerprint density at radius 1 is 0.275 bits per heavy atom. The minimum absolute atomic E-state index is 0.187. The van der Waals surface area contributed by atoms with Gasteiger partial charge in [-0.2, -0.15) is 0 Å². The first-order valence-corrected chi connectivity index (χ1v) is 23.3. The predicted octanol–water partition coefficient (Wildman–Crippen LogP) is 15.5. The molecule has 7 heteroatoms. The topological polar surface area (TPSA) is 51.2 Å².